The van der Waals surface area contributed by atoms with E-state index in [0.717, 1.165) is 5.56 Å². The maximum atomic E-state index is 12.6. The molecule has 1 N–H and O–H groups in total. The minimum absolute atomic E-state index is 0.0629. The highest BCUT2D eigenvalue weighted by atomic mass is 16.5. The SMILES string of the molecule is COCCCN1C(=O)C(C)(C)NC(=O)C1c1ccccc1. The predicted octanol–water partition coefficient (Wildman–Crippen LogP) is 1.50. The van der Waals surface area contributed by atoms with Gasteiger partial charge in [-0.3, -0.25) is 9.59 Å². The van der Waals surface area contributed by atoms with Crippen molar-refractivity contribution in [2.75, 3.05) is 20.3 Å². The summed E-state index contributed by atoms with van der Waals surface area (Å²) in [6.45, 7) is 4.53. The highest BCUT2D eigenvalue weighted by molar-refractivity contribution is 5.99. The van der Waals surface area contributed by atoms with Gasteiger partial charge < -0.3 is 15.0 Å². The fourth-order valence-corrected chi connectivity index (χ4v) is 2.62. The molecular formula is C16H22N2O3. The number of amides is 2. The number of carbonyl (C=O) groups is 2. The average Bonchev–Trinajstić information content (AvgIpc) is 2.45. The first kappa shape index (κ1) is 15.5. The Morgan fingerprint density at radius 2 is 1.90 bits per heavy atom. The molecule has 5 nitrogen and oxygen atoms in total. The van der Waals surface area contributed by atoms with Gasteiger partial charge in [-0.1, -0.05) is 30.3 Å². The Kier molecular flexibility index (Phi) is 4.63. The molecular weight excluding hydrogens is 268 g/mol. The van der Waals surface area contributed by atoms with Crippen molar-refractivity contribution < 1.29 is 14.3 Å². The van der Waals surface area contributed by atoms with Gasteiger partial charge >= 0.3 is 0 Å². The molecule has 1 unspecified atom stereocenters. The van der Waals surface area contributed by atoms with Crippen LogP contribution in [0.15, 0.2) is 30.3 Å². The summed E-state index contributed by atoms with van der Waals surface area (Å²) < 4.78 is 5.05. The molecule has 0 radical (unpaired) electrons. The monoisotopic (exact) mass is 290 g/mol. The van der Waals surface area contributed by atoms with Crippen LogP contribution >= 0.6 is 0 Å². The van der Waals surface area contributed by atoms with Crippen LogP contribution < -0.4 is 5.32 Å². The van der Waals surface area contributed by atoms with Crippen LogP contribution in [0.4, 0.5) is 0 Å². The van der Waals surface area contributed by atoms with Gasteiger partial charge in [-0.05, 0) is 25.8 Å². The van der Waals surface area contributed by atoms with Gasteiger partial charge in [0, 0.05) is 20.3 Å². The largest absolute Gasteiger partial charge is 0.385 e. The third kappa shape index (κ3) is 3.24. The normalized spacial score (nSPS) is 21.3. The van der Waals surface area contributed by atoms with Gasteiger partial charge in [-0.25, -0.2) is 0 Å². The average molecular weight is 290 g/mol. The summed E-state index contributed by atoms with van der Waals surface area (Å²) in [5.41, 5.74) is -0.0358. The molecule has 0 aliphatic carbocycles. The molecule has 1 aliphatic heterocycles. The van der Waals surface area contributed by atoms with E-state index in [2.05, 4.69) is 5.32 Å². The standard InChI is InChI=1S/C16H22N2O3/c1-16(2)15(20)18(10-7-11-21-3)13(14(19)17-16)12-8-5-4-6-9-12/h4-6,8-9,13H,7,10-11H2,1-3H3,(H,17,19). The zero-order valence-corrected chi connectivity index (χ0v) is 12.8. The zero-order chi connectivity index (χ0) is 15.5. The third-order valence-corrected chi connectivity index (χ3v) is 3.65. The predicted molar refractivity (Wildman–Crippen MR) is 79.6 cm³/mol. The lowest BCUT2D eigenvalue weighted by atomic mass is 9.93. The molecule has 114 valence electrons. The fourth-order valence-electron chi connectivity index (χ4n) is 2.62. The van der Waals surface area contributed by atoms with Crippen molar-refractivity contribution in [2.45, 2.75) is 31.8 Å². The smallest absolute Gasteiger partial charge is 0.248 e. The Morgan fingerprint density at radius 3 is 2.52 bits per heavy atom. The number of carbonyl (C=O) groups excluding carboxylic acids is 2. The topological polar surface area (TPSA) is 58.6 Å². The van der Waals surface area contributed by atoms with Crippen LogP contribution in [0.1, 0.15) is 31.9 Å². The summed E-state index contributed by atoms with van der Waals surface area (Å²) >= 11 is 0. The number of hydrogen-bond acceptors (Lipinski definition) is 3. The van der Waals surface area contributed by atoms with E-state index in [9.17, 15) is 9.59 Å². The summed E-state index contributed by atoms with van der Waals surface area (Å²) in [5.74, 6) is -0.199. The first-order valence-electron chi connectivity index (χ1n) is 7.14. The molecule has 21 heavy (non-hydrogen) atoms. The van der Waals surface area contributed by atoms with Crippen molar-refractivity contribution in [3.8, 4) is 0 Å². The van der Waals surface area contributed by atoms with Gasteiger partial charge in [0.25, 0.3) is 0 Å². The number of methoxy groups -OCH3 is 1. The van der Waals surface area contributed by atoms with Crippen molar-refractivity contribution in [1.29, 1.82) is 0 Å². The van der Waals surface area contributed by atoms with E-state index in [-0.39, 0.29) is 11.8 Å². The number of ether oxygens (including phenoxy) is 1. The number of nitrogens with zero attached hydrogens (tertiary/aromatic N) is 1. The first-order valence-corrected chi connectivity index (χ1v) is 7.14. The second-order valence-electron chi connectivity index (χ2n) is 5.77. The molecule has 0 saturated carbocycles. The van der Waals surface area contributed by atoms with Crippen LogP contribution in [0, 0.1) is 0 Å². The molecule has 1 heterocycles. The van der Waals surface area contributed by atoms with Crippen LogP contribution in [-0.4, -0.2) is 42.5 Å². The molecule has 1 aromatic rings. The van der Waals surface area contributed by atoms with E-state index in [1.54, 1.807) is 25.9 Å². The summed E-state index contributed by atoms with van der Waals surface area (Å²) in [7, 11) is 1.63. The molecule has 1 saturated heterocycles. The number of rotatable bonds is 5. The molecule has 2 amide bonds. The number of benzene rings is 1. The van der Waals surface area contributed by atoms with Crippen LogP contribution in [0.25, 0.3) is 0 Å². The highest BCUT2D eigenvalue weighted by Gasteiger charge is 2.45. The lowest BCUT2D eigenvalue weighted by Crippen LogP contribution is -2.64. The molecule has 1 aliphatic rings. The Balaban J connectivity index is 2.30. The third-order valence-electron chi connectivity index (χ3n) is 3.65. The second-order valence-corrected chi connectivity index (χ2v) is 5.77. The van der Waals surface area contributed by atoms with E-state index in [1.165, 1.54) is 0 Å². The van der Waals surface area contributed by atoms with Crippen LogP contribution in [0.3, 0.4) is 0 Å². The molecule has 0 bridgehead atoms. The Hall–Kier alpha value is -1.88. The van der Waals surface area contributed by atoms with Gasteiger partial charge in [0.1, 0.15) is 11.6 Å². The van der Waals surface area contributed by atoms with Crippen molar-refractivity contribution in [3.63, 3.8) is 0 Å². The van der Waals surface area contributed by atoms with Gasteiger partial charge in [-0.15, -0.1) is 0 Å². The molecule has 1 fully saturated rings. The number of nitrogens with one attached hydrogen (secondary N) is 1. The molecule has 0 aromatic heterocycles. The van der Waals surface area contributed by atoms with Crippen LogP contribution in [0.5, 0.6) is 0 Å². The van der Waals surface area contributed by atoms with Gasteiger partial charge in [0.2, 0.25) is 11.8 Å². The lowest BCUT2D eigenvalue weighted by molar-refractivity contribution is -0.154. The van der Waals surface area contributed by atoms with Crippen molar-refractivity contribution in [2.24, 2.45) is 0 Å². The second kappa shape index (κ2) is 6.26. The number of hydrogen-bond donors (Lipinski definition) is 1. The number of piperazine rings is 1. The fraction of sp³-hybridized carbons (Fsp3) is 0.500. The quantitative estimate of drug-likeness (QED) is 0.836. The Morgan fingerprint density at radius 1 is 1.24 bits per heavy atom. The molecule has 1 atom stereocenters. The van der Waals surface area contributed by atoms with E-state index < -0.39 is 11.6 Å². The van der Waals surface area contributed by atoms with Gasteiger partial charge in [-0.2, -0.15) is 0 Å². The first-order chi connectivity index (χ1) is 9.97. The van der Waals surface area contributed by atoms with Crippen LogP contribution in [0.2, 0.25) is 0 Å². The molecule has 5 heteroatoms. The van der Waals surface area contributed by atoms with Crippen molar-refractivity contribution in [3.05, 3.63) is 35.9 Å². The van der Waals surface area contributed by atoms with Gasteiger partial charge in [0.05, 0.1) is 0 Å². The summed E-state index contributed by atoms with van der Waals surface area (Å²) in [6, 6.07) is 8.83. The van der Waals surface area contributed by atoms with E-state index in [0.29, 0.717) is 19.6 Å². The maximum Gasteiger partial charge on any atom is 0.248 e. The minimum Gasteiger partial charge on any atom is -0.385 e. The molecule has 2 rings (SSSR count). The van der Waals surface area contributed by atoms with E-state index in [4.69, 9.17) is 4.74 Å². The van der Waals surface area contributed by atoms with E-state index >= 15 is 0 Å². The maximum absolute atomic E-state index is 12.6. The van der Waals surface area contributed by atoms with Crippen molar-refractivity contribution in [1.82, 2.24) is 10.2 Å². The van der Waals surface area contributed by atoms with Gasteiger partial charge in [0.15, 0.2) is 0 Å². The summed E-state index contributed by atoms with van der Waals surface area (Å²) in [5, 5.41) is 2.81. The Bertz CT molecular complexity index is 514. The minimum atomic E-state index is -0.866. The summed E-state index contributed by atoms with van der Waals surface area (Å²) in [6.07, 6.45) is 0.703. The zero-order valence-electron chi connectivity index (χ0n) is 12.8. The van der Waals surface area contributed by atoms with E-state index in [1.807, 2.05) is 30.3 Å². The lowest BCUT2D eigenvalue weighted by Gasteiger charge is -2.43. The Labute approximate surface area is 125 Å². The molecule has 0 spiro atoms. The highest BCUT2D eigenvalue weighted by Crippen LogP contribution is 2.29. The molecule has 1 aromatic carbocycles. The summed E-state index contributed by atoms with van der Waals surface area (Å²) in [4.78, 5) is 26.8. The van der Waals surface area contributed by atoms with Crippen molar-refractivity contribution >= 4 is 11.8 Å². The van der Waals surface area contributed by atoms with Crippen LogP contribution in [-0.2, 0) is 14.3 Å².